The molecule has 0 aromatic carbocycles. The molecule has 13 heteroatoms. The number of Topliss-reactive ketones (excluding diaryl/α,β-unsaturated/α-hetero) is 1. The first-order valence-electron chi connectivity index (χ1n) is 16.8. The Morgan fingerprint density at radius 1 is 1.02 bits per heavy atom. The molecule has 275 valence electrons. The van der Waals surface area contributed by atoms with Crippen LogP contribution in [0.1, 0.15) is 74.7 Å². The van der Waals surface area contributed by atoms with Gasteiger partial charge < -0.3 is 43.4 Å². The van der Waals surface area contributed by atoms with Crippen molar-refractivity contribution >= 4 is 17.8 Å². The SMILES string of the molecule is C#CCO[C@@]1(C)C[C@@H](C)C(=O)[C@H](C)[C@H]2[N-]C(=O)O[C@]2(C)[C@@H](CC)OC(=O)[C@H](C)[C@@H](OC)[C@H](C)[C@H]1O[C@@H]1O[C@H](C)C[C@H](N(C)C)[C@H]1OC.[Re]. The quantitative estimate of drug-likeness (QED) is 0.255. The van der Waals surface area contributed by atoms with Crippen LogP contribution < -0.4 is 0 Å². The van der Waals surface area contributed by atoms with Crippen molar-refractivity contribution in [3.63, 3.8) is 0 Å². The van der Waals surface area contributed by atoms with E-state index in [0.29, 0.717) is 6.42 Å². The fourth-order valence-corrected chi connectivity index (χ4v) is 8.06. The topological polar surface area (TPSA) is 133 Å². The number of hydrogen-bond donors (Lipinski definition) is 0. The molecule has 0 aliphatic carbocycles. The summed E-state index contributed by atoms with van der Waals surface area (Å²) in [5.41, 5.74) is -2.51. The summed E-state index contributed by atoms with van der Waals surface area (Å²) in [6.45, 7) is 14.5. The molecule has 1 amide bonds. The Bertz CT molecular complexity index is 1150. The average Bonchev–Trinajstić information content (AvgIpc) is 3.33. The van der Waals surface area contributed by atoms with Crippen LogP contribution in [-0.2, 0) is 63.2 Å². The molecule has 14 atom stereocenters. The van der Waals surface area contributed by atoms with Crippen molar-refractivity contribution in [1.29, 1.82) is 0 Å². The van der Waals surface area contributed by atoms with E-state index in [1.165, 1.54) is 7.11 Å². The van der Waals surface area contributed by atoms with E-state index in [2.05, 4.69) is 16.1 Å². The van der Waals surface area contributed by atoms with Gasteiger partial charge in [-0.05, 0) is 61.1 Å². The zero-order valence-electron chi connectivity index (χ0n) is 30.7. The molecular weight excluding hydrogens is 795 g/mol. The van der Waals surface area contributed by atoms with Gasteiger partial charge in [-0.15, -0.1) is 6.42 Å². The minimum atomic E-state index is -1.34. The van der Waals surface area contributed by atoms with E-state index in [1.807, 2.05) is 48.7 Å². The van der Waals surface area contributed by atoms with Gasteiger partial charge in [0.25, 0.3) is 0 Å². The molecule has 3 aliphatic heterocycles. The van der Waals surface area contributed by atoms with Crippen molar-refractivity contribution in [3.8, 4) is 12.3 Å². The van der Waals surface area contributed by atoms with Gasteiger partial charge in [0.15, 0.2) is 6.29 Å². The zero-order chi connectivity index (χ0) is 35.4. The van der Waals surface area contributed by atoms with Gasteiger partial charge in [-0.25, -0.2) is 0 Å². The van der Waals surface area contributed by atoms with Crippen LogP contribution >= 0.6 is 0 Å². The van der Waals surface area contributed by atoms with Gasteiger partial charge >= 0.3 is 5.97 Å². The molecule has 3 saturated heterocycles. The Balaban J connectivity index is 0.00000800. The van der Waals surface area contributed by atoms with Gasteiger partial charge in [-0.1, -0.05) is 39.7 Å². The molecule has 0 bridgehead atoms. The molecule has 0 aromatic heterocycles. The Hall–Kier alpha value is -1.61. The molecule has 12 nitrogen and oxygen atoms in total. The standard InChI is InChI=1S/C35H58N2O10.Re/c1-14-16-43-34(8)18-19(3)26(38)21(5)29-35(9,47-33(40)36-29)25(15-2)45-31(39)23(7)27(41-12)22(6)30(34)46-32-28(42-13)24(37(10)11)17-20(4)44-32;/h1,19-25,27-30,32H,15-18H2,2-13H3,(H,36,40);/p-1/t19-,20-,21+,22+,23-,24+,25-,27+,28-,29-,30-,32+,34+,35-;/m1./s1. The van der Waals surface area contributed by atoms with E-state index in [-0.39, 0.29) is 51.4 Å². The Morgan fingerprint density at radius 2 is 1.65 bits per heavy atom. The van der Waals surface area contributed by atoms with E-state index in [9.17, 15) is 14.4 Å². The smallest absolute Gasteiger partial charge is 0.311 e. The summed E-state index contributed by atoms with van der Waals surface area (Å²) in [5, 5.41) is 4.21. The second-order valence-corrected chi connectivity index (χ2v) is 14.2. The van der Waals surface area contributed by atoms with E-state index >= 15 is 0 Å². The van der Waals surface area contributed by atoms with Crippen LogP contribution in [0.5, 0.6) is 0 Å². The van der Waals surface area contributed by atoms with E-state index in [0.717, 1.165) is 6.42 Å². The summed E-state index contributed by atoms with van der Waals surface area (Å²) in [5.74, 6) is -0.734. The van der Waals surface area contributed by atoms with Gasteiger partial charge in [-0.2, -0.15) is 0 Å². The first-order valence-corrected chi connectivity index (χ1v) is 16.8. The number of cyclic esters (lactones) is 1. The van der Waals surface area contributed by atoms with E-state index in [4.69, 9.17) is 39.6 Å². The molecule has 1 radical (unpaired) electrons. The number of fused-ring (bicyclic) bond motifs is 1. The molecule has 0 spiro atoms. The predicted octanol–water partition coefficient (Wildman–Crippen LogP) is 4.36. The van der Waals surface area contributed by atoms with Crippen LogP contribution in [0, 0.1) is 36.0 Å². The molecule has 0 aromatic rings. The summed E-state index contributed by atoms with van der Waals surface area (Å²) in [4.78, 5) is 42.8. The normalized spacial score (nSPS) is 42.8. The van der Waals surface area contributed by atoms with Gasteiger partial charge in [0.1, 0.15) is 30.2 Å². The summed E-state index contributed by atoms with van der Waals surface area (Å²) < 4.78 is 43.6. The molecule has 3 heterocycles. The molecular formula is C35H57N2O10Re-. The number of terminal acetylenes is 1. The number of likely N-dealkylation sites (N-methyl/N-ethyl adjacent to an activating group) is 1. The van der Waals surface area contributed by atoms with Crippen LogP contribution in [0.25, 0.3) is 5.32 Å². The maximum absolute atomic E-state index is 14.2. The minimum Gasteiger partial charge on any atom is -0.611 e. The third-order valence-corrected chi connectivity index (χ3v) is 10.6. The Morgan fingerprint density at radius 3 is 2.19 bits per heavy atom. The van der Waals surface area contributed by atoms with E-state index < -0.39 is 83.7 Å². The largest absolute Gasteiger partial charge is 0.611 e. The van der Waals surface area contributed by atoms with Gasteiger partial charge in [0.05, 0.1) is 29.8 Å². The molecule has 3 fully saturated rings. The first-order chi connectivity index (χ1) is 22.0. The molecule has 0 unspecified atom stereocenters. The van der Waals surface area contributed by atoms with Crippen LogP contribution in [0.2, 0.25) is 0 Å². The van der Waals surface area contributed by atoms with Gasteiger partial charge in [-0.3, -0.25) is 14.4 Å². The Labute approximate surface area is 300 Å². The maximum atomic E-state index is 14.2. The third kappa shape index (κ3) is 8.81. The number of esters is 1. The molecule has 3 rings (SSSR count). The summed E-state index contributed by atoms with van der Waals surface area (Å²) in [6, 6.07) is -0.875. The number of ether oxygens (including phenoxy) is 7. The Kier molecular flexibility index (Phi) is 15.6. The number of carbonyl (C=O) groups excluding carboxylic acids is 3. The third-order valence-electron chi connectivity index (χ3n) is 10.6. The summed E-state index contributed by atoms with van der Waals surface area (Å²) in [7, 11) is 7.13. The van der Waals surface area contributed by atoms with Crippen LogP contribution in [0.15, 0.2) is 0 Å². The van der Waals surface area contributed by atoms with Crippen LogP contribution in [0.3, 0.4) is 0 Å². The predicted molar refractivity (Wildman–Crippen MR) is 175 cm³/mol. The molecule has 0 saturated carbocycles. The van der Waals surface area contributed by atoms with Crippen LogP contribution in [0.4, 0.5) is 4.79 Å². The summed E-state index contributed by atoms with van der Waals surface area (Å²) in [6.07, 6.45) is 2.41. The van der Waals surface area contributed by atoms with Crippen LogP contribution in [-0.4, -0.2) is 118 Å². The van der Waals surface area contributed by atoms with E-state index in [1.54, 1.807) is 27.9 Å². The fourth-order valence-electron chi connectivity index (χ4n) is 8.06. The first kappa shape index (κ1) is 42.6. The number of ketones is 1. The van der Waals surface area contributed by atoms with Crippen molar-refractivity contribution in [2.75, 3.05) is 34.9 Å². The number of hydrogen-bond acceptors (Lipinski definition) is 11. The van der Waals surface area contributed by atoms with Crippen molar-refractivity contribution in [1.82, 2.24) is 4.90 Å². The number of nitrogens with zero attached hydrogens (tertiary/aromatic N) is 2. The minimum absolute atomic E-state index is 0. The van der Waals surface area contributed by atoms with Gasteiger partial charge in [0, 0.05) is 58.4 Å². The molecule has 0 N–H and O–H groups in total. The number of rotatable bonds is 8. The molecule has 48 heavy (non-hydrogen) atoms. The number of methoxy groups -OCH3 is 2. The van der Waals surface area contributed by atoms with Crippen molar-refractivity contribution in [2.24, 2.45) is 23.7 Å². The second kappa shape index (κ2) is 17.6. The average molecular weight is 852 g/mol. The fraction of sp³-hybridized carbons (Fsp3) is 0.857. The van der Waals surface area contributed by atoms with Crippen molar-refractivity contribution in [3.05, 3.63) is 5.32 Å². The maximum Gasteiger partial charge on any atom is 0.311 e. The monoisotopic (exact) mass is 852 g/mol. The summed E-state index contributed by atoms with van der Waals surface area (Å²) >= 11 is 0. The van der Waals surface area contributed by atoms with Gasteiger partial charge in [0.2, 0.25) is 6.09 Å². The second-order valence-electron chi connectivity index (χ2n) is 14.2. The van der Waals surface area contributed by atoms with Crippen molar-refractivity contribution in [2.45, 2.75) is 135 Å². The zero-order valence-corrected chi connectivity index (χ0v) is 33.4. The van der Waals surface area contributed by atoms with Crippen molar-refractivity contribution < 1.29 is 68.0 Å². The number of amides is 1. The number of carbonyl (C=O) groups is 3. The molecule has 3 aliphatic rings.